The lowest BCUT2D eigenvalue weighted by molar-refractivity contribution is 0.161. The van der Waals surface area contributed by atoms with Crippen LogP contribution in [0.3, 0.4) is 0 Å². The topological polar surface area (TPSA) is 58.1 Å². The number of nitrogens with zero attached hydrogens (tertiary/aromatic N) is 2. The van der Waals surface area contributed by atoms with Crippen LogP contribution < -0.4 is 15.4 Å². The predicted octanol–water partition coefficient (Wildman–Crippen LogP) is 2.21. The molecule has 2 N–H and O–H groups in total. The van der Waals surface area contributed by atoms with Gasteiger partial charge in [0.15, 0.2) is 5.96 Å². The van der Waals surface area contributed by atoms with E-state index in [9.17, 15) is 0 Å². The fourth-order valence-electron chi connectivity index (χ4n) is 2.12. The van der Waals surface area contributed by atoms with E-state index >= 15 is 0 Å². The molecule has 0 atom stereocenters. The molecule has 1 rings (SSSR count). The third-order valence-corrected chi connectivity index (χ3v) is 3.54. The van der Waals surface area contributed by atoms with Crippen LogP contribution in [0.25, 0.3) is 0 Å². The number of para-hydroxylation sites is 1. The van der Waals surface area contributed by atoms with E-state index < -0.39 is 0 Å². The Morgan fingerprint density at radius 2 is 1.72 bits per heavy atom. The van der Waals surface area contributed by atoms with E-state index in [1.165, 1.54) is 0 Å². The first-order valence-electron chi connectivity index (χ1n) is 8.56. The van der Waals surface area contributed by atoms with Crippen molar-refractivity contribution >= 4 is 29.9 Å². The van der Waals surface area contributed by atoms with E-state index in [1.54, 1.807) is 14.2 Å². The van der Waals surface area contributed by atoms with E-state index in [2.05, 4.69) is 27.6 Å². The SMILES string of the molecule is CN=C(NCCCOc1ccccc1)NCCCN(C)CCOC.I. The van der Waals surface area contributed by atoms with Gasteiger partial charge in [0.25, 0.3) is 0 Å². The summed E-state index contributed by atoms with van der Waals surface area (Å²) in [5, 5.41) is 6.63. The normalized spacial score (nSPS) is 11.1. The molecule has 6 nitrogen and oxygen atoms in total. The Bertz CT molecular complexity index is 446. The molecule has 0 saturated carbocycles. The van der Waals surface area contributed by atoms with Gasteiger partial charge in [0.1, 0.15) is 5.75 Å². The van der Waals surface area contributed by atoms with Gasteiger partial charge in [0.2, 0.25) is 0 Å². The Kier molecular flexibility index (Phi) is 15.7. The minimum atomic E-state index is 0. The van der Waals surface area contributed by atoms with Crippen LogP contribution in [0.15, 0.2) is 35.3 Å². The average Bonchev–Trinajstić information content (AvgIpc) is 2.62. The summed E-state index contributed by atoms with van der Waals surface area (Å²) in [7, 11) is 5.63. The first-order chi connectivity index (χ1) is 11.8. The highest BCUT2D eigenvalue weighted by Crippen LogP contribution is 2.07. The Hall–Kier alpha value is -1.06. The van der Waals surface area contributed by atoms with Gasteiger partial charge in [0.05, 0.1) is 13.2 Å². The van der Waals surface area contributed by atoms with Crippen LogP contribution in [0, 0.1) is 0 Å². The molecule has 0 bridgehead atoms. The number of guanidine groups is 1. The van der Waals surface area contributed by atoms with E-state index in [0.717, 1.165) is 57.3 Å². The van der Waals surface area contributed by atoms with Crippen LogP contribution in [-0.2, 0) is 4.74 Å². The molecule has 0 spiro atoms. The number of hydrogen-bond donors (Lipinski definition) is 2. The van der Waals surface area contributed by atoms with Crippen molar-refractivity contribution in [2.75, 3.05) is 60.6 Å². The number of benzene rings is 1. The summed E-state index contributed by atoms with van der Waals surface area (Å²) < 4.78 is 10.7. The van der Waals surface area contributed by atoms with Crippen molar-refractivity contribution in [3.63, 3.8) is 0 Å². The number of aliphatic imine (C=N–C) groups is 1. The fourth-order valence-corrected chi connectivity index (χ4v) is 2.12. The number of likely N-dealkylation sites (N-methyl/N-ethyl adjacent to an activating group) is 1. The molecule has 7 heteroatoms. The summed E-state index contributed by atoms with van der Waals surface area (Å²) >= 11 is 0. The summed E-state index contributed by atoms with van der Waals surface area (Å²) in [6.07, 6.45) is 1.99. The Balaban J connectivity index is 0.00000576. The summed E-state index contributed by atoms with van der Waals surface area (Å²) in [5.74, 6) is 1.76. The minimum Gasteiger partial charge on any atom is -0.494 e. The third-order valence-electron chi connectivity index (χ3n) is 3.54. The van der Waals surface area contributed by atoms with Gasteiger partial charge in [-0.1, -0.05) is 18.2 Å². The highest BCUT2D eigenvalue weighted by Gasteiger charge is 2.00. The number of rotatable bonds is 12. The molecule has 0 unspecified atom stereocenters. The number of hydrogen-bond acceptors (Lipinski definition) is 4. The van der Waals surface area contributed by atoms with Crippen LogP contribution in [0.4, 0.5) is 0 Å². The molecule has 0 heterocycles. The van der Waals surface area contributed by atoms with Gasteiger partial charge in [-0.2, -0.15) is 0 Å². The van der Waals surface area contributed by atoms with Crippen molar-refractivity contribution < 1.29 is 9.47 Å². The zero-order chi connectivity index (χ0) is 17.5. The predicted molar refractivity (Wildman–Crippen MR) is 115 cm³/mol. The van der Waals surface area contributed by atoms with Crippen molar-refractivity contribution in [2.24, 2.45) is 4.99 Å². The molecule has 0 fully saturated rings. The molecule has 0 amide bonds. The monoisotopic (exact) mass is 464 g/mol. The second-order valence-corrected chi connectivity index (χ2v) is 5.59. The van der Waals surface area contributed by atoms with Crippen LogP contribution in [0.5, 0.6) is 5.75 Å². The first kappa shape index (κ1) is 23.9. The van der Waals surface area contributed by atoms with E-state index in [-0.39, 0.29) is 24.0 Å². The molecule has 0 aliphatic heterocycles. The van der Waals surface area contributed by atoms with E-state index in [0.29, 0.717) is 6.61 Å². The lowest BCUT2D eigenvalue weighted by Crippen LogP contribution is -2.39. The third kappa shape index (κ3) is 12.9. The maximum absolute atomic E-state index is 5.66. The van der Waals surface area contributed by atoms with E-state index in [4.69, 9.17) is 9.47 Å². The van der Waals surface area contributed by atoms with Crippen molar-refractivity contribution in [2.45, 2.75) is 12.8 Å². The van der Waals surface area contributed by atoms with Gasteiger partial charge < -0.3 is 25.0 Å². The molecule has 0 saturated heterocycles. The summed E-state index contributed by atoms with van der Waals surface area (Å²) in [6.45, 7) is 5.21. The van der Waals surface area contributed by atoms with Crippen LogP contribution >= 0.6 is 24.0 Å². The zero-order valence-corrected chi connectivity index (χ0v) is 18.0. The van der Waals surface area contributed by atoms with Crippen molar-refractivity contribution in [3.05, 3.63) is 30.3 Å². The van der Waals surface area contributed by atoms with Gasteiger partial charge in [-0.3, -0.25) is 4.99 Å². The summed E-state index contributed by atoms with van der Waals surface area (Å²) in [5.41, 5.74) is 0. The van der Waals surface area contributed by atoms with Gasteiger partial charge in [-0.25, -0.2) is 0 Å². The molecule has 1 aromatic carbocycles. The first-order valence-corrected chi connectivity index (χ1v) is 8.56. The molecule has 0 aromatic heterocycles. The Morgan fingerprint density at radius 1 is 1.04 bits per heavy atom. The number of halogens is 1. The second-order valence-electron chi connectivity index (χ2n) is 5.59. The molecule has 144 valence electrons. The number of nitrogens with one attached hydrogen (secondary N) is 2. The molecule has 0 aliphatic rings. The quantitative estimate of drug-likeness (QED) is 0.215. The average molecular weight is 464 g/mol. The van der Waals surface area contributed by atoms with Crippen LogP contribution in [0.2, 0.25) is 0 Å². The molecular weight excluding hydrogens is 431 g/mol. The lowest BCUT2D eigenvalue weighted by atomic mass is 10.3. The smallest absolute Gasteiger partial charge is 0.190 e. The molecule has 0 radical (unpaired) electrons. The van der Waals surface area contributed by atoms with Crippen LogP contribution in [0.1, 0.15) is 12.8 Å². The molecular formula is C18H33IN4O2. The van der Waals surface area contributed by atoms with E-state index in [1.807, 2.05) is 30.3 Å². The van der Waals surface area contributed by atoms with Crippen molar-refractivity contribution in [1.82, 2.24) is 15.5 Å². The van der Waals surface area contributed by atoms with Gasteiger partial charge in [-0.15, -0.1) is 24.0 Å². The number of ether oxygens (including phenoxy) is 2. The lowest BCUT2D eigenvalue weighted by Gasteiger charge is -2.17. The largest absolute Gasteiger partial charge is 0.494 e. The fraction of sp³-hybridized carbons (Fsp3) is 0.611. The number of methoxy groups -OCH3 is 1. The van der Waals surface area contributed by atoms with Gasteiger partial charge in [-0.05, 0) is 38.6 Å². The van der Waals surface area contributed by atoms with Crippen molar-refractivity contribution in [3.8, 4) is 5.75 Å². The zero-order valence-electron chi connectivity index (χ0n) is 15.7. The van der Waals surface area contributed by atoms with Gasteiger partial charge >= 0.3 is 0 Å². The molecule has 0 aliphatic carbocycles. The maximum Gasteiger partial charge on any atom is 0.190 e. The standard InChI is InChI=1S/C18H32N4O2.HI/c1-19-18(20-11-7-13-22(2)14-16-23-3)21-12-8-15-24-17-9-5-4-6-10-17;/h4-6,9-10H,7-8,11-16H2,1-3H3,(H2,19,20,21);1H. The molecule has 25 heavy (non-hydrogen) atoms. The minimum absolute atomic E-state index is 0. The van der Waals surface area contributed by atoms with Crippen molar-refractivity contribution in [1.29, 1.82) is 0 Å². The molecule has 1 aromatic rings. The Morgan fingerprint density at radius 3 is 2.36 bits per heavy atom. The maximum atomic E-state index is 5.66. The second kappa shape index (κ2) is 16.4. The summed E-state index contributed by atoms with van der Waals surface area (Å²) in [6, 6.07) is 9.88. The van der Waals surface area contributed by atoms with Gasteiger partial charge in [0, 0.05) is 33.8 Å². The Labute approximate surface area is 169 Å². The van der Waals surface area contributed by atoms with Crippen LogP contribution in [-0.4, -0.2) is 71.5 Å². The highest BCUT2D eigenvalue weighted by molar-refractivity contribution is 14.0. The highest BCUT2D eigenvalue weighted by atomic mass is 127. The summed E-state index contributed by atoms with van der Waals surface area (Å²) in [4.78, 5) is 6.50.